The first kappa shape index (κ1) is 16.1. The summed E-state index contributed by atoms with van der Waals surface area (Å²) < 4.78 is 5.47. The largest absolute Gasteiger partial charge is 0.479 e. The van der Waals surface area contributed by atoms with Gasteiger partial charge in [0.2, 0.25) is 0 Å². The Morgan fingerprint density at radius 2 is 2.11 bits per heavy atom. The van der Waals surface area contributed by atoms with Crippen molar-refractivity contribution in [2.45, 2.75) is 32.4 Å². The topological polar surface area (TPSA) is 58.6 Å². The van der Waals surface area contributed by atoms with E-state index in [4.69, 9.17) is 33.0 Å². The van der Waals surface area contributed by atoms with E-state index >= 15 is 0 Å². The van der Waals surface area contributed by atoms with Gasteiger partial charge in [0.25, 0.3) is 5.91 Å². The van der Waals surface area contributed by atoms with E-state index in [0.717, 1.165) is 0 Å². The molecule has 1 aromatic rings. The molecule has 6 heteroatoms. The molecule has 1 atom stereocenters. The molecule has 0 heterocycles. The van der Waals surface area contributed by atoms with Gasteiger partial charge in [-0.2, -0.15) is 0 Å². The molecule has 0 spiro atoms. The SMILES string of the molecule is C[C@@H](Oc1ccc(Cl)cc1Cl)C(=O)NC(C)(C)CO. The number of nitrogens with one attached hydrogen (secondary N) is 1. The van der Waals surface area contributed by atoms with E-state index in [1.807, 2.05) is 0 Å². The molecule has 4 nitrogen and oxygen atoms in total. The molecule has 0 aliphatic heterocycles. The zero-order valence-corrected chi connectivity index (χ0v) is 12.5. The van der Waals surface area contributed by atoms with Crippen molar-refractivity contribution in [1.82, 2.24) is 5.32 Å². The first-order valence-corrected chi connectivity index (χ1v) is 6.55. The lowest BCUT2D eigenvalue weighted by Gasteiger charge is -2.25. The van der Waals surface area contributed by atoms with Gasteiger partial charge < -0.3 is 15.2 Å². The highest BCUT2D eigenvalue weighted by Gasteiger charge is 2.24. The third kappa shape index (κ3) is 4.90. The summed E-state index contributed by atoms with van der Waals surface area (Å²) in [4.78, 5) is 11.9. The van der Waals surface area contributed by atoms with Gasteiger partial charge in [0.1, 0.15) is 5.75 Å². The number of amides is 1. The van der Waals surface area contributed by atoms with E-state index in [0.29, 0.717) is 15.8 Å². The molecule has 19 heavy (non-hydrogen) atoms. The van der Waals surface area contributed by atoms with Gasteiger partial charge in [-0.25, -0.2) is 0 Å². The number of carbonyl (C=O) groups excluding carboxylic acids is 1. The molecule has 0 saturated carbocycles. The zero-order valence-electron chi connectivity index (χ0n) is 11.0. The second kappa shape index (κ2) is 6.46. The fourth-order valence-electron chi connectivity index (χ4n) is 1.29. The van der Waals surface area contributed by atoms with Gasteiger partial charge in [0.15, 0.2) is 6.10 Å². The minimum Gasteiger partial charge on any atom is -0.479 e. The van der Waals surface area contributed by atoms with Crippen LogP contribution >= 0.6 is 23.2 Å². The zero-order chi connectivity index (χ0) is 14.6. The molecule has 0 aliphatic rings. The summed E-state index contributed by atoms with van der Waals surface area (Å²) in [7, 11) is 0. The Kier molecular flexibility index (Phi) is 5.47. The normalized spacial score (nSPS) is 12.9. The highest BCUT2D eigenvalue weighted by molar-refractivity contribution is 6.35. The van der Waals surface area contributed by atoms with Crippen LogP contribution in [0, 0.1) is 0 Å². The molecule has 0 aliphatic carbocycles. The lowest BCUT2D eigenvalue weighted by Crippen LogP contribution is -2.50. The fourth-order valence-corrected chi connectivity index (χ4v) is 1.74. The van der Waals surface area contributed by atoms with E-state index in [1.54, 1.807) is 39.0 Å². The first-order chi connectivity index (χ1) is 8.75. The van der Waals surface area contributed by atoms with Crippen molar-refractivity contribution < 1.29 is 14.6 Å². The van der Waals surface area contributed by atoms with Crippen LogP contribution in [0.25, 0.3) is 0 Å². The van der Waals surface area contributed by atoms with Gasteiger partial charge in [-0.1, -0.05) is 23.2 Å². The highest BCUT2D eigenvalue weighted by atomic mass is 35.5. The molecule has 1 aromatic carbocycles. The third-order valence-corrected chi connectivity index (χ3v) is 2.95. The second-order valence-corrected chi connectivity index (χ2v) is 5.71. The maximum Gasteiger partial charge on any atom is 0.261 e. The van der Waals surface area contributed by atoms with E-state index in [9.17, 15) is 4.79 Å². The predicted molar refractivity (Wildman–Crippen MR) is 75.9 cm³/mol. The molecule has 2 N–H and O–H groups in total. The van der Waals surface area contributed by atoms with Gasteiger partial charge in [-0.05, 0) is 39.0 Å². The summed E-state index contributed by atoms with van der Waals surface area (Å²) in [6, 6.07) is 4.78. The minimum atomic E-state index is -0.732. The molecule has 0 saturated heterocycles. The van der Waals surface area contributed by atoms with Crippen molar-refractivity contribution >= 4 is 29.1 Å². The Balaban J connectivity index is 2.69. The summed E-state index contributed by atoms with van der Waals surface area (Å²) in [6.45, 7) is 4.88. The quantitative estimate of drug-likeness (QED) is 0.879. The number of aliphatic hydroxyl groups excluding tert-OH is 1. The third-order valence-electron chi connectivity index (χ3n) is 2.42. The molecule has 0 radical (unpaired) electrons. The van der Waals surface area contributed by atoms with Crippen LogP contribution in [0.15, 0.2) is 18.2 Å². The maximum absolute atomic E-state index is 11.9. The summed E-state index contributed by atoms with van der Waals surface area (Å²) in [5.74, 6) is 0.0561. The smallest absolute Gasteiger partial charge is 0.261 e. The van der Waals surface area contributed by atoms with Crippen LogP contribution in [-0.2, 0) is 4.79 Å². The number of ether oxygens (including phenoxy) is 1. The Morgan fingerprint density at radius 1 is 1.47 bits per heavy atom. The molecule has 0 unspecified atom stereocenters. The van der Waals surface area contributed by atoms with Crippen molar-refractivity contribution in [2.24, 2.45) is 0 Å². The number of halogens is 2. The number of aliphatic hydroxyl groups is 1. The molecule has 0 aromatic heterocycles. The minimum absolute atomic E-state index is 0.160. The van der Waals surface area contributed by atoms with Crippen LogP contribution in [0.3, 0.4) is 0 Å². The fraction of sp³-hybridized carbons (Fsp3) is 0.462. The predicted octanol–water partition coefficient (Wildman–Crippen LogP) is 2.65. The van der Waals surface area contributed by atoms with E-state index in [-0.39, 0.29) is 12.5 Å². The van der Waals surface area contributed by atoms with Crippen molar-refractivity contribution in [3.05, 3.63) is 28.2 Å². The average Bonchev–Trinajstić information content (AvgIpc) is 2.32. The lowest BCUT2D eigenvalue weighted by atomic mass is 10.1. The van der Waals surface area contributed by atoms with Crippen molar-refractivity contribution in [1.29, 1.82) is 0 Å². The van der Waals surface area contributed by atoms with E-state index in [1.165, 1.54) is 0 Å². The number of hydrogen-bond donors (Lipinski definition) is 2. The Bertz CT molecular complexity index is 463. The molecule has 0 bridgehead atoms. The number of carbonyl (C=O) groups is 1. The van der Waals surface area contributed by atoms with Gasteiger partial charge in [-0.3, -0.25) is 4.79 Å². The molecule has 1 amide bonds. The van der Waals surface area contributed by atoms with E-state index < -0.39 is 11.6 Å². The van der Waals surface area contributed by atoms with Gasteiger partial charge in [0, 0.05) is 5.02 Å². The van der Waals surface area contributed by atoms with Crippen LogP contribution < -0.4 is 10.1 Å². The van der Waals surface area contributed by atoms with E-state index in [2.05, 4.69) is 5.32 Å². The molecular formula is C13H17Cl2NO3. The van der Waals surface area contributed by atoms with Crippen LogP contribution in [0.1, 0.15) is 20.8 Å². The molecule has 106 valence electrons. The van der Waals surface area contributed by atoms with Gasteiger partial charge >= 0.3 is 0 Å². The van der Waals surface area contributed by atoms with Gasteiger partial charge in [-0.15, -0.1) is 0 Å². The lowest BCUT2D eigenvalue weighted by molar-refractivity contribution is -0.129. The highest BCUT2D eigenvalue weighted by Crippen LogP contribution is 2.28. The second-order valence-electron chi connectivity index (χ2n) is 4.87. The standard InChI is InChI=1S/C13H17Cl2NO3/c1-8(12(18)16-13(2,3)7-17)19-11-5-4-9(14)6-10(11)15/h4-6,8,17H,7H2,1-3H3,(H,16,18)/t8-/m1/s1. The van der Waals surface area contributed by atoms with Gasteiger partial charge in [0.05, 0.1) is 17.2 Å². The Morgan fingerprint density at radius 3 is 2.63 bits per heavy atom. The van der Waals surface area contributed by atoms with Crippen LogP contribution in [-0.4, -0.2) is 29.3 Å². The van der Waals surface area contributed by atoms with Crippen molar-refractivity contribution in [3.63, 3.8) is 0 Å². The van der Waals surface area contributed by atoms with Crippen LogP contribution in [0.4, 0.5) is 0 Å². The Hall–Kier alpha value is -0.970. The monoisotopic (exact) mass is 305 g/mol. The number of benzene rings is 1. The average molecular weight is 306 g/mol. The summed E-state index contributed by atoms with van der Waals surface area (Å²) in [5.41, 5.74) is -0.696. The summed E-state index contributed by atoms with van der Waals surface area (Å²) in [5, 5.41) is 12.6. The van der Waals surface area contributed by atoms with Crippen molar-refractivity contribution in [2.75, 3.05) is 6.61 Å². The first-order valence-electron chi connectivity index (χ1n) is 5.80. The summed E-state index contributed by atoms with van der Waals surface area (Å²) in [6.07, 6.45) is -0.732. The van der Waals surface area contributed by atoms with Crippen LogP contribution in [0.5, 0.6) is 5.75 Å². The summed E-state index contributed by atoms with van der Waals surface area (Å²) >= 11 is 11.7. The maximum atomic E-state index is 11.9. The number of rotatable bonds is 5. The van der Waals surface area contributed by atoms with Crippen LogP contribution in [0.2, 0.25) is 10.0 Å². The molecule has 0 fully saturated rings. The van der Waals surface area contributed by atoms with Crippen molar-refractivity contribution in [3.8, 4) is 5.75 Å². The number of hydrogen-bond acceptors (Lipinski definition) is 3. The molecule has 1 rings (SSSR count). The molecular weight excluding hydrogens is 289 g/mol. The Labute approximate surface area is 122 Å².